The monoisotopic (exact) mass is 471 g/mol. The second kappa shape index (κ2) is 9.32. The topological polar surface area (TPSA) is 107 Å². The summed E-state index contributed by atoms with van der Waals surface area (Å²) in [5.41, 5.74) is 3.07. The second-order valence-corrected chi connectivity index (χ2v) is 8.39. The van der Waals surface area contributed by atoms with Crippen molar-refractivity contribution in [2.45, 2.75) is 19.0 Å². The maximum Gasteiger partial charge on any atom is 0.254 e. The third kappa shape index (κ3) is 4.23. The molecule has 1 aromatic heterocycles. The number of fused-ring (bicyclic) bond motifs is 2. The number of H-pyrrole nitrogens is 1. The molecule has 3 aromatic rings. The Morgan fingerprint density at radius 3 is 2.88 bits per heavy atom. The molecule has 0 radical (unpaired) electrons. The van der Waals surface area contributed by atoms with Gasteiger partial charge >= 0.3 is 0 Å². The Labute approximate surface area is 195 Å². The maximum atomic E-state index is 13.1. The number of rotatable bonds is 6. The van der Waals surface area contributed by atoms with E-state index in [-0.39, 0.29) is 28.1 Å². The molecule has 2 amide bonds. The summed E-state index contributed by atoms with van der Waals surface area (Å²) in [4.78, 5) is 38.7. The molecular formula is C21H20BCl2N5O3. The van der Waals surface area contributed by atoms with E-state index in [0.29, 0.717) is 31.4 Å². The smallest absolute Gasteiger partial charge is 0.254 e. The number of aromatic nitrogens is 2. The summed E-state index contributed by atoms with van der Waals surface area (Å²) in [6, 6.07) is 6.38. The van der Waals surface area contributed by atoms with E-state index in [1.807, 2.05) is 6.07 Å². The van der Waals surface area contributed by atoms with Gasteiger partial charge in [0.1, 0.15) is 6.29 Å². The number of hydrogen-bond donors (Lipinski definition) is 3. The lowest BCUT2D eigenvalue weighted by molar-refractivity contribution is -0.109. The predicted molar refractivity (Wildman–Crippen MR) is 125 cm³/mol. The number of amides is 2. The number of carbonyl (C=O) groups excluding carboxylic acids is 3. The van der Waals surface area contributed by atoms with Crippen molar-refractivity contribution < 1.29 is 14.4 Å². The Hall–Kier alpha value is -2.88. The molecule has 0 spiro atoms. The lowest BCUT2D eigenvalue weighted by atomic mass is 9.96. The molecule has 0 unspecified atom stereocenters. The van der Waals surface area contributed by atoms with Crippen LogP contribution in [-0.2, 0) is 17.8 Å². The SMILES string of the molecule is BNC[C@@H](C=O)NC(=O)c1c(Cl)cc2c(c1Cl)CCN(C(=O)c1ccc3cn[nH]c3c1)C2. The third-order valence-electron chi connectivity index (χ3n) is 5.51. The molecule has 0 saturated heterocycles. The molecule has 1 aliphatic rings. The summed E-state index contributed by atoms with van der Waals surface area (Å²) in [5.74, 6) is -0.622. The fraction of sp³-hybridized carbons (Fsp3) is 0.238. The molecule has 0 aliphatic carbocycles. The van der Waals surface area contributed by atoms with Gasteiger partial charge in [-0.05, 0) is 35.7 Å². The van der Waals surface area contributed by atoms with E-state index >= 15 is 0 Å². The lowest BCUT2D eigenvalue weighted by Crippen LogP contribution is -2.43. The number of halogens is 2. The van der Waals surface area contributed by atoms with E-state index < -0.39 is 11.9 Å². The van der Waals surface area contributed by atoms with Crippen LogP contribution in [-0.4, -0.2) is 60.3 Å². The van der Waals surface area contributed by atoms with E-state index in [2.05, 4.69) is 20.7 Å². The Bertz CT molecular complexity index is 1220. The fourth-order valence-corrected chi connectivity index (χ4v) is 4.64. The molecule has 0 saturated carbocycles. The molecule has 1 atom stereocenters. The van der Waals surface area contributed by atoms with Crippen LogP contribution in [0, 0.1) is 0 Å². The number of aromatic amines is 1. The molecule has 164 valence electrons. The molecule has 3 N–H and O–H groups in total. The van der Waals surface area contributed by atoms with E-state index in [9.17, 15) is 14.4 Å². The Kier molecular flexibility index (Phi) is 6.50. The van der Waals surface area contributed by atoms with Gasteiger partial charge in [-0.2, -0.15) is 5.10 Å². The maximum absolute atomic E-state index is 13.1. The van der Waals surface area contributed by atoms with E-state index in [1.54, 1.807) is 37.3 Å². The first-order valence-corrected chi connectivity index (χ1v) is 10.8. The number of aldehydes is 1. The van der Waals surface area contributed by atoms with Crippen molar-refractivity contribution in [3.8, 4) is 0 Å². The highest BCUT2D eigenvalue weighted by Crippen LogP contribution is 2.35. The summed E-state index contributed by atoms with van der Waals surface area (Å²) < 4.78 is 0. The largest absolute Gasteiger partial charge is 0.360 e. The molecule has 11 heteroatoms. The zero-order valence-electron chi connectivity index (χ0n) is 17.2. The van der Waals surface area contributed by atoms with Crippen molar-refractivity contribution in [3.63, 3.8) is 0 Å². The van der Waals surface area contributed by atoms with Crippen molar-refractivity contribution in [1.82, 2.24) is 25.6 Å². The minimum absolute atomic E-state index is 0.109. The first-order valence-electron chi connectivity index (χ1n) is 10.1. The zero-order valence-corrected chi connectivity index (χ0v) is 18.8. The van der Waals surface area contributed by atoms with Gasteiger partial charge in [-0.25, -0.2) is 0 Å². The van der Waals surface area contributed by atoms with Gasteiger partial charge in [-0.15, -0.1) is 0 Å². The molecule has 4 rings (SSSR count). The Morgan fingerprint density at radius 2 is 2.12 bits per heavy atom. The van der Waals surface area contributed by atoms with E-state index in [1.165, 1.54) is 0 Å². The van der Waals surface area contributed by atoms with Gasteiger partial charge in [0.25, 0.3) is 11.8 Å². The summed E-state index contributed by atoms with van der Waals surface area (Å²) in [6.07, 6.45) is 2.84. The molecular weight excluding hydrogens is 452 g/mol. The first-order chi connectivity index (χ1) is 15.4. The highest BCUT2D eigenvalue weighted by atomic mass is 35.5. The number of benzene rings is 2. The van der Waals surface area contributed by atoms with Crippen molar-refractivity contribution in [3.05, 3.63) is 62.8 Å². The fourth-order valence-electron chi connectivity index (χ4n) is 3.88. The lowest BCUT2D eigenvalue weighted by Gasteiger charge is -2.30. The molecule has 32 heavy (non-hydrogen) atoms. The molecule has 2 heterocycles. The van der Waals surface area contributed by atoms with Crippen LogP contribution in [0.25, 0.3) is 10.9 Å². The van der Waals surface area contributed by atoms with Crippen LogP contribution >= 0.6 is 23.2 Å². The summed E-state index contributed by atoms with van der Waals surface area (Å²) >= 11 is 13.0. The van der Waals surface area contributed by atoms with Gasteiger partial charge in [0, 0.05) is 30.6 Å². The van der Waals surface area contributed by atoms with Crippen molar-refractivity contribution in [2.75, 3.05) is 13.1 Å². The number of nitrogens with one attached hydrogen (secondary N) is 3. The van der Waals surface area contributed by atoms with Gasteiger partial charge < -0.3 is 20.2 Å². The number of hydrogen-bond acceptors (Lipinski definition) is 5. The minimum Gasteiger partial charge on any atom is -0.360 e. The van der Waals surface area contributed by atoms with Crippen LogP contribution in [0.1, 0.15) is 31.8 Å². The van der Waals surface area contributed by atoms with Crippen LogP contribution in [0.4, 0.5) is 0 Å². The second-order valence-electron chi connectivity index (χ2n) is 7.61. The van der Waals surface area contributed by atoms with Crippen LogP contribution in [0.15, 0.2) is 30.5 Å². The van der Waals surface area contributed by atoms with E-state index in [4.69, 9.17) is 23.2 Å². The van der Waals surface area contributed by atoms with Crippen molar-refractivity contribution in [2.24, 2.45) is 0 Å². The van der Waals surface area contributed by atoms with E-state index in [0.717, 1.165) is 22.0 Å². The molecule has 0 bridgehead atoms. The molecule has 8 nitrogen and oxygen atoms in total. The summed E-state index contributed by atoms with van der Waals surface area (Å²) in [7, 11) is 1.68. The Morgan fingerprint density at radius 1 is 1.31 bits per heavy atom. The summed E-state index contributed by atoms with van der Waals surface area (Å²) in [6.45, 7) is 1.07. The highest BCUT2D eigenvalue weighted by molar-refractivity contribution is 6.40. The normalized spacial score (nSPS) is 14.1. The highest BCUT2D eigenvalue weighted by Gasteiger charge is 2.28. The van der Waals surface area contributed by atoms with Gasteiger partial charge in [0.05, 0.1) is 33.4 Å². The predicted octanol–water partition coefficient (Wildman–Crippen LogP) is 1.50. The van der Waals surface area contributed by atoms with Gasteiger partial charge in [0.2, 0.25) is 0 Å². The number of nitrogens with zero attached hydrogens (tertiary/aromatic N) is 2. The standard InChI is InChI=1S/C21H20BCl2N5O3/c22-25-8-14(10-30)27-20(31)18-16(23)5-13-9-29(4-3-15(13)19(18)24)21(32)11-1-2-12-7-26-28-17(12)6-11/h1-2,5-7,10,14,25H,3-4,8-9,22H2,(H,26,28)(H,27,31)/t14-/m0/s1. The molecule has 1 aliphatic heterocycles. The van der Waals surface area contributed by atoms with Crippen LogP contribution in [0.3, 0.4) is 0 Å². The quantitative estimate of drug-likeness (QED) is 0.373. The average Bonchev–Trinajstić information content (AvgIpc) is 3.25. The Balaban J connectivity index is 1.57. The average molecular weight is 472 g/mol. The van der Waals surface area contributed by atoms with Crippen molar-refractivity contribution in [1.29, 1.82) is 0 Å². The van der Waals surface area contributed by atoms with Crippen LogP contribution in [0.2, 0.25) is 10.0 Å². The van der Waals surface area contributed by atoms with Crippen molar-refractivity contribution >= 4 is 60.2 Å². The van der Waals surface area contributed by atoms with Gasteiger partial charge in [0.15, 0.2) is 7.98 Å². The zero-order chi connectivity index (χ0) is 22.8. The molecule has 2 aromatic carbocycles. The van der Waals surface area contributed by atoms with Gasteiger partial charge in [-0.3, -0.25) is 14.7 Å². The van der Waals surface area contributed by atoms with Gasteiger partial charge in [-0.1, -0.05) is 29.3 Å². The number of carbonyl (C=O) groups is 3. The third-order valence-corrected chi connectivity index (χ3v) is 6.23. The van der Waals surface area contributed by atoms with Crippen LogP contribution < -0.4 is 10.5 Å². The molecule has 0 fully saturated rings. The van der Waals surface area contributed by atoms with Crippen LogP contribution in [0.5, 0.6) is 0 Å². The minimum atomic E-state index is -0.698. The summed E-state index contributed by atoms with van der Waals surface area (Å²) in [5, 5.41) is 13.7. The first kappa shape index (κ1) is 22.3.